The fourth-order valence-corrected chi connectivity index (χ4v) is 1.94. The summed E-state index contributed by atoms with van der Waals surface area (Å²) in [6.07, 6.45) is 0. The quantitative estimate of drug-likeness (QED) is 0.827. The number of benzene rings is 1. The Kier molecular flexibility index (Phi) is 6.58. The summed E-state index contributed by atoms with van der Waals surface area (Å²) in [5, 5.41) is 9.34. The number of nitrogens with zero attached hydrogens (tertiary/aromatic N) is 3. The van der Waals surface area contributed by atoms with Gasteiger partial charge in [0.25, 0.3) is 11.8 Å². The van der Waals surface area contributed by atoms with E-state index in [2.05, 4.69) is 10.3 Å². The predicted octanol–water partition coefficient (Wildman–Crippen LogP) is 2.11. The average Bonchev–Trinajstić information content (AvgIpc) is 2.89. The third kappa shape index (κ3) is 4.37. The molecule has 6 nitrogen and oxygen atoms in total. The molecule has 0 bridgehead atoms. The van der Waals surface area contributed by atoms with E-state index in [9.17, 15) is 18.0 Å². The van der Waals surface area contributed by atoms with Gasteiger partial charge in [-0.2, -0.15) is 0 Å². The van der Waals surface area contributed by atoms with Gasteiger partial charge >= 0.3 is 0 Å². The first kappa shape index (κ1) is 20.2. The van der Waals surface area contributed by atoms with Crippen molar-refractivity contribution in [3.8, 4) is 5.69 Å². The van der Waals surface area contributed by atoms with E-state index in [4.69, 9.17) is 17.3 Å². The van der Waals surface area contributed by atoms with Gasteiger partial charge in [-0.15, -0.1) is 17.5 Å². The van der Waals surface area contributed by atoms with Gasteiger partial charge in [0.2, 0.25) is 0 Å². The number of carbonyl (C=O) groups is 1. The summed E-state index contributed by atoms with van der Waals surface area (Å²) < 4.78 is 40.5. The number of rotatable bonds is 5. The van der Waals surface area contributed by atoms with Gasteiger partial charge in [-0.3, -0.25) is 4.79 Å². The van der Waals surface area contributed by atoms with Gasteiger partial charge in [0.05, 0.1) is 29.5 Å². The molecule has 0 aliphatic heterocycles. The highest BCUT2D eigenvalue weighted by atomic mass is 35.5. The summed E-state index contributed by atoms with van der Waals surface area (Å²) in [5.41, 5.74) is 5.44. The van der Waals surface area contributed by atoms with Crippen LogP contribution in [0.5, 0.6) is 0 Å². The van der Waals surface area contributed by atoms with E-state index >= 15 is 0 Å². The van der Waals surface area contributed by atoms with E-state index < -0.39 is 30.7 Å². The van der Waals surface area contributed by atoms with Gasteiger partial charge in [-0.05, 0) is 25.1 Å². The summed E-state index contributed by atoms with van der Waals surface area (Å²) in [4.78, 5) is 11.9. The molecule has 11 heteroatoms. The van der Waals surface area contributed by atoms with Crippen molar-refractivity contribution in [1.82, 2.24) is 20.3 Å². The molecule has 0 saturated carbocycles. The van der Waals surface area contributed by atoms with Gasteiger partial charge in [0.15, 0.2) is 5.69 Å². The second-order valence-corrected chi connectivity index (χ2v) is 5.18. The lowest BCUT2D eigenvalue weighted by Crippen LogP contribution is -2.41. The van der Waals surface area contributed by atoms with Gasteiger partial charge in [0, 0.05) is 0 Å². The second kappa shape index (κ2) is 7.82. The Balaban J connectivity index is 0.00000288. The highest BCUT2D eigenvalue weighted by molar-refractivity contribution is 6.30. The minimum atomic E-state index is -3.20. The Morgan fingerprint density at radius 2 is 2.12 bits per heavy atom. The normalized spacial score (nSPS) is 11.1. The topological polar surface area (TPSA) is 85.8 Å². The minimum Gasteiger partial charge on any atom is -0.344 e. The number of hydrogen-bond acceptors (Lipinski definition) is 4. The Morgan fingerprint density at radius 3 is 2.71 bits per heavy atom. The smallest absolute Gasteiger partial charge is 0.277 e. The number of nitrogens with one attached hydrogen (secondary N) is 1. The fourth-order valence-electron chi connectivity index (χ4n) is 1.77. The van der Waals surface area contributed by atoms with Crippen molar-refractivity contribution >= 4 is 29.9 Å². The van der Waals surface area contributed by atoms with E-state index in [0.717, 1.165) is 6.07 Å². The third-order valence-electron chi connectivity index (χ3n) is 3.06. The predicted molar refractivity (Wildman–Crippen MR) is 84.6 cm³/mol. The molecule has 24 heavy (non-hydrogen) atoms. The fraction of sp³-hybridized carbons (Fsp3) is 0.308. The van der Waals surface area contributed by atoms with Crippen LogP contribution < -0.4 is 11.1 Å². The van der Waals surface area contributed by atoms with Crippen molar-refractivity contribution in [3.05, 3.63) is 40.4 Å². The third-order valence-corrected chi connectivity index (χ3v) is 3.35. The van der Waals surface area contributed by atoms with Crippen LogP contribution in [0.4, 0.5) is 13.2 Å². The van der Waals surface area contributed by atoms with E-state index in [1.54, 1.807) is 0 Å². The van der Waals surface area contributed by atoms with Gasteiger partial charge in [-0.25, -0.2) is 17.9 Å². The summed E-state index contributed by atoms with van der Waals surface area (Å²) >= 11 is 5.69. The molecule has 2 rings (SSSR count). The lowest BCUT2D eigenvalue weighted by atomic mass is 10.2. The minimum absolute atomic E-state index is 0. The summed E-state index contributed by atoms with van der Waals surface area (Å²) in [7, 11) is 0. The summed E-state index contributed by atoms with van der Waals surface area (Å²) in [6.45, 7) is -0.267. The number of amides is 1. The zero-order chi connectivity index (χ0) is 17.2. The van der Waals surface area contributed by atoms with Crippen LogP contribution in [0.3, 0.4) is 0 Å². The zero-order valence-corrected chi connectivity index (χ0v) is 14.0. The molecule has 0 saturated heterocycles. The van der Waals surface area contributed by atoms with Crippen molar-refractivity contribution in [3.63, 3.8) is 0 Å². The summed E-state index contributed by atoms with van der Waals surface area (Å²) in [6, 6.07) is 3.84. The Morgan fingerprint density at radius 1 is 1.46 bits per heavy atom. The van der Waals surface area contributed by atoms with Crippen LogP contribution in [0.25, 0.3) is 5.69 Å². The first-order chi connectivity index (χ1) is 10.7. The molecule has 2 aromatic rings. The molecular weight excluding hydrogens is 370 g/mol. The zero-order valence-electron chi connectivity index (χ0n) is 12.4. The highest BCUT2D eigenvalue weighted by Crippen LogP contribution is 2.20. The number of halogens is 5. The van der Waals surface area contributed by atoms with E-state index in [0.29, 0.717) is 11.4 Å². The average molecular weight is 384 g/mol. The molecular formula is C13H14Cl2F3N5O. The number of nitrogens with two attached hydrogens (primary N) is 1. The van der Waals surface area contributed by atoms with Gasteiger partial charge < -0.3 is 11.1 Å². The molecule has 0 radical (unpaired) electrons. The molecule has 0 aliphatic carbocycles. The molecule has 3 N–H and O–H groups in total. The molecule has 0 spiro atoms. The van der Waals surface area contributed by atoms with Crippen molar-refractivity contribution < 1.29 is 18.0 Å². The maximum Gasteiger partial charge on any atom is 0.277 e. The lowest BCUT2D eigenvalue weighted by Gasteiger charge is -2.13. The number of aromatic nitrogens is 3. The van der Waals surface area contributed by atoms with Crippen molar-refractivity contribution in [2.45, 2.75) is 12.8 Å². The number of hydrogen-bond donors (Lipinski definition) is 2. The maximum atomic E-state index is 13.2. The van der Waals surface area contributed by atoms with Gasteiger partial charge in [0.1, 0.15) is 5.82 Å². The van der Waals surface area contributed by atoms with Gasteiger partial charge in [-0.1, -0.05) is 16.8 Å². The Bertz CT molecular complexity index is 738. The van der Waals surface area contributed by atoms with Crippen LogP contribution in [0, 0.1) is 12.7 Å². The summed E-state index contributed by atoms with van der Waals surface area (Å²) in [5.74, 6) is -4.62. The molecule has 1 heterocycles. The molecule has 0 fully saturated rings. The Hall–Kier alpha value is -1.84. The van der Waals surface area contributed by atoms with Crippen molar-refractivity contribution in [2.24, 2.45) is 5.73 Å². The molecule has 1 amide bonds. The van der Waals surface area contributed by atoms with Crippen LogP contribution in [0.1, 0.15) is 16.2 Å². The van der Waals surface area contributed by atoms with Crippen LogP contribution in [0.15, 0.2) is 18.2 Å². The first-order valence-corrected chi connectivity index (χ1v) is 6.87. The second-order valence-electron chi connectivity index (χ2n) is 4.78. The first-order valence-electron chi connectivity index (χ1n) is 6.49. The SMILES string of the molecule is Cc1c(C(=O)NCC(F)(F)CN)nnn1-c1ccc(F)c(Cl)c1.Cl. The molecule has 0 atom stereocenters. The molecule has 1 aromatic heterocycles. The van der Waals surface area contributed by atoms with Crippen LogP contribution in [-0.2, 0) is 0 Å². The monoisotopic (exact) mass is 383 g/mol. The lowest BCUT2D eigenvalue weighted by molar-refractivity contribution is 0.0118. The van der Waals surface area contributed by atoms with Crippen LogP contribution >= 0.6 is 24.0 Å². The van der Waals surface area contributed by atoms with E-state index in [1.807, 2.05) is 5.32 Å². The molecule has 0 unspecified atom stereocenters. The molecule has 1 aromatic carbocycles. The Labute approximate surface area is 146 Å². The van der Waals surface area contributed by atoms with Crippen LogP contribution in [-0.4, -0.2) is 39.9 Å². The van der Waals surface area contributed by atoms with E-state index in [-0.39, 0.29) is 23.1 Å². The number of carbonyl (C=O) groups excluding carboxylic acids is 1. The maximum absolute atomic E-state index is 13.2. The highest BCUT2D eigenvalue weighted by Gasteiger charge is 2.28. The standard InChI is InChI=1S/C13H13ClF3N5O.ClH/c1-7-11(12(23)19-6-13(16,17)5-18)20-21-22(7)8-2-3-10(15)9(14)4-8;/h2-4H,5-6,18H2,1H3,(H,19,23);1H. The van der Waals surface area contributed by atoms with Crippen molar-refractivity contribution in [1.29, 1.82) is 0 Å². The van der Waals surface area contributed by atoms with Crippen molar-refractivity contribution in [2.75, 3.05) is 13.1 Å². The molecule has 132 valence electrons. The van der Waals surface area contributed by atoms with E-state index in [1.165, 1.54) is 23.7 Å². The van der Waals surface area contributed by atoms with Crippen LogP contribution in [0.2, 0.25) is 5.02 Å². The molecule has 0 aliphatic rings. The number of alkyl halides is 2. The largest absolute Gasteiger partial charge is 0.344 e.